The van der Waals surface area contributed by atoms with Crippen LogP contribution in [0.1, 0.15) is 75.3 Å². The molecule has 6 heterocycles. The van der Waals surface area contributed by atoms with Crippen molar-refractivity contribution in [2.75, 3.05) is 67.7 Å². The summed E-state index contributed by atoms with van der Waals surface area (Å²) in [6.07, 6.45) is 3.59. The van der Waals surface area contributed by atoms with Crippen LogP contribution in [0, 0.1) is 0 Å². The standard InChI is InChI=1S/C16H24N2O4.C14H20N2O4.C11H16N2O2/c1-16(2,3)22-15(19)18-8-6-11-12(7-9-18)17-14(21-5)10-13(11)20-4;1-14(2,3)20-13(19)16-6-4-9-10(5-7-16)15-12(18)8-11(9)17;1-14-10-7-11(15-2)13-9-4-6-12-5-3-8(9)10/h10H,6-9H2,1-5H3;8H,4-7H2,1-3H3,(H2,15,17,18);7,12H,3-6H2,1-2H3. The van der Waals surface area contributed by atoms with Crippen LogP contribution in [0.3, 0.4) is 0 Å². The van der Waals surface area contributed by atoms with Crippen LogP contribution in [0.25, 0.3) is 0 Å². The molecule has 0 aromatic carbocycles. The van der Waals surface area contributed by atoms with Crippen molar-refractivity contribution < 1.29 is 43.1 Å². The van der Waals surface area contributed by atoms with E-state index in [1.54, 1.807) is 44.3 Å². The summed E-state index contributed by atoms with van der Waals surface area (Å²) >= 11 is 0. The maximum atomic E-state index is 12.2. The van der Waals surface area contributed by atoms with Crippen molar-refractivity contribution in [2.24, 2.45) is 0 Å². The van der Waals surface area contributed by atoms with Gasteiger partial charge in [0.05, 0.1) is 39.8 Å². The molecule has 3 aromatic rings. The number of aromatic amines is 1. The fraction of sp³-hybridized carbons (Fsp3) is 0.585. The Hall–Kier alpha value is -5.25. The number of methoxy groups -OCH3 is 4. The third-order valence-electron chi connectivity index (χ3n) is 9.27. The van der Waals surface area contributed by atoms with Crippen molar-refractivity contribution in [1.82, 2.24) is 30.1 Å². The quantitative estimate of drug-likeness (QED) is 0.332. The number of aromatic nitrogens is 3. The van der Waals surface area contributed by atoms with E-state index in [-0.39, 0.29) is 23.5 Å². The highest BCUT2D eigenvalue weighted by atomic mass is 16.6. The fourth-order valence-electron chi connectivity index (χ4n) is 6.56. The number of nitrogens with zero attached hydrogens (tertiary/aromatic N) is 4. The van der Waals surface area contributed by atoms with Crippen molar-refractivity contribution in [3.05, 3.63) is 62.3 Å². The number of nitrogens with one attached hydrogen (secondary N) is 2. The molecule has 0 aliphatic carbocycles. The van der Waals surface area contributed by atoms with Gasteiger partial charge in [0, 0.05) is 92.6 Å². The van der Waals surface area contributed by atoms with E-state index in [0.717, 1.165) is 54.4 Å². The molecule has 2 amide bonds. The van der Waals surface area contributed by atoms with Gasteiger partial charge in [-0.25, -0.2) is 19.6 Å². The van der Waals surface area contributed by atoms with Gasteiger partial charge in [-0.05, 0) is 67.3 Å². The van der Waals surface area contributed by atoms with Gasteiger partial charge in [-0.2, -0.15) is 0 Å². The number of pyridine rings is 3. The van der Waals surface area contributed by atoms with Crippen LogP contribution >= 0.6 is 0 Å². The first-order valence-corrected chi connectivity index (χ1v) is 19.3. The number of fused-ring (bicyclic) bond motifs is 3. The van der Waals surface area contributed by atoms with Gasteiger partial charge in [0.1, 0.15) is 28.5 Å². The highest BCUT2D eigenvalue weighted by Gasteiger charge is 2.27. The Balaban J connectivity index is 0.000000193. The smallest absolute Gasteiger partial charge is 0.410 e. The molecule has 314 valence electrons. The molecule has 3 aliphatic heterocycles. The van der Waals surface area contributed by atoms with Gasteiger partial charge in [0.15, 0.2) is 0 Å². The van der Waals surface area contributed by atoms with Crippen molar-refractivity contribution in [3.8, 4) is 29.0 Å². The topological polar surface area (TPSA) is 187 Å². The third kappa shape index (κ3) is 12.9. The lowest BCUT2D eigenvalue weighted by Gasteiger charge is -2.26. The maximum Gasteiger partial charge on any atom is 0.410 e. The van der Waals surface area contributed by atoms with Crippen LogP contribution in [0.2, 0.25) is 0 Å². The summed E-state index contributed by atoms with van der Waals surface area (Å²) in [7, 11) is 6.53. The fourth-order valence-corrected chi connectivity index (χ4v) is 6.56. The monoisotopic (exact) mass is 796 g/mol. The number of hydrogen-bond acceptors (Lipinski definition) is 13. The van der Waals surface area contributed by atoms with Crippen molar-refractivity contribution in [2.45, 2.75) is 91.3 Å². The summed E-state index contributed by atoms with van der Waals surface area (Å²) in [4.78, 5) is 50.6. The first-order chi connectivity index (χ1) is 26.9. The molecule has 0 saturated carbocycles. The molecule has 3 aliphatic rings. The lowest BCUT2D eigenvalue weighted by Crippen LogP contribution is -2.38. The number of carbonyl (C=O) groups excluding carboxylic acids is 2. The Morgan fingerprint density at radius 3 is 1.60 bits per heavy atom. The maximum absolute atomic E-state index is 12.2. The average molecular weight is 797 g/mol. The van der Waals surface area contributed by atoms with E-state index in [1.165, 1.54) is 11.6 Å². The first kappa shape index (κ1) is 44.5. The van der Waals surface area contributed by atoms with Crippen molar-refractivity contribution in [1.29, 1.82) is 0 Å². The molecule has 3 aromatic heterocycles. The molecule has 0 atom stereocenters. The molecule has 16 heteroatoms. The second-order valence-electron chi connectivity index (χ2n) is 15.7. The zero-order valence-corrected chi connectivity index (χ0v) is 35.1. The van der Waals surface area contributed by atoms with Crippen LogP contribution in [0.5, 0.6) is 29.0 Å². The number of hydrogen-bond donors (Lipinski definition) is 3. The molecule has 0 spiro atoms. The number of ether oxygens (including phenoxy) is 6. The lowest BCUT2D eigenvalue weighted by molar-refractivity contribution is 0.0247. The van der Waals surface area contributed by atoms with E-state index in [2.05, 4.69) is 20.3 Å². The summed E-state index contributed by atoms with van der Waals surface area (Å²) in [6, 6.07) is 4.80. The van der Waals surface area contributed by atoms with Gasteiger partial charge < -0.3 is 53.6 Å². The Morgan fingerprint density at radius 1 is 0.632 bits per heavy atom. The van der Waals surface area contributed by atoms with E-state index < -0.39 is 11.2 Å². The summed E-state index contributed by atoms with van der Waals surface area (Å²) in [5.41, 5.74) is 4.31. The highest BCUT2D eigenvalue weighted by molar-refractivity contribution is 5.69. The zero-order chi connectivity index (χ0) is 41.9. The number of carbonyl (C=O) groups is 2. The van der Waals surface area contributed by atoms with Gasteiger partial charge in [-0.15, -0.1) is 0 Å². The molecule has 16 nitrogen and oxygen atoms in total. The Bertz CT molecular complexity index is 1900. The van der Waals surface area contributed by atoms with Gasteiger partial charge in [-0.3, -0.25) is 4.79 Å². The molecule has 0 fully saturated rings. The summed E-state index contributed by atoms with van der Waals surface area (Å²) < 4.78 is 31.9. The van der Waals surface area contributed by atoms with Crippen LogP contribution in [0.15, 0.2) is 23.0 Å². The largest absolute Gasteiger partial charge is 0.507 e. The predicted octanol–water partition coefficient (Wildman–Crippen LogP) is 4.64. The second kappa shape index (κ2) is 19.7. The van der Waals surface area contributed by atoms with E-state index in [1.807, 2.05) is 47.6 Å². The van der Waals surface area contributed by atoms with Crippen LogP contribution in [-0.2, 0) is 48.0 Å². The second-order valence-corrected chi connectivity index (χ2v) is 15.7. The molecular formula is C41H60N6O10. The van der Waals surface area contributed by atoms with E-state index in [0.29, 0.717) is 74.9 Å². The molecule has 57 heavy (non-hydrogen) atoms. The zero-order valence-electron chi connectivity index (χ0n) is 35.1. The van der Waals surface area contributed by atoms with Gasteiger partial charge in [-0.1, -0.05) is 0 Å². The molecule has 0 bridgehead atoms. The average Bonchev–Trinajstić information content (AvgIpc) is 3.62. The minimum atomic E-state index is -0.535. The number of rotatable bonds is 4. The number of H-pyrrole nitrogens is 1. The number of amides is 2. The predicted molar refractivity (Wildman–Crippen MR) is 214 cm³/mol. The lowest BCUT2D eigenvalue weighted by atomic mass is 10.1. The third-order valence-corrected chi connectivity index (χ3v) is 9.27. The molecule has 3 N–H and O–H groups in total. The van der Waals surface area contributed by atoms with Crippen LogP contribution in [-0.4, -0.2) is 121 Å². The Labute approximate surface area is 335 Å². The summed E-state index contributed by atoms with van der Waals surface area (Å²) in [6.45, 7) is 15.1. The Kier molecular flexibility index (Phi) is 15.4. The van der Waals surface area contributed by atoms with Gasteiger partial charge in [0.25, 0.3) is 5.56 Å². The molecule has 0 radical (unpaired) electrons. The SMILES string of the molecule is CC(C)(C)OC(=O)N1CCc2[nH]c(=O)cc(O)c2CC1.COc1cc(OC)c2c(n1)CCN(C(=O)OC(C)(C)C)CC2.COc1cc(OC)c2c(n1)CCNCC2. The first-order valence-electron chi connectivity index (χ1n) is 19.3. The van der Waals surface area contributed by atoms with Gasteiger partial charge >= 0.3 is 12.2 Å². The van der Waals surface area contributed by atoms with Gasteiger partial charge in [0.2, 0.25) is 11.8 Å². The van der Waals surface area contributed by atoms with E-state index in [9.17, 15) is 19.5 Å². The van der Waals surface area contributed by atoms with Crippen molar-refractivity contribution in [3.63, 3.8) is 0 Å². The van der Waals surface area contributed by atoms with E-state index >= 15 is 0 Å². The van der Waals surface area contributed by atoms with E-state index in [4.69, 9.17) is 28.4 Å². The van der Waals surface area contributed by atoms with Crippen LogP contribution in [0.4, 0.5) is 9.59 Å². The molecular weight excluding hydrogens is 736 g/mol. The molecule has 6 rings (SSSR count). The molecule has 0 unspecified atom stereocenters. The minimum absolute atomic E-state index is 0.00483. The normalized spacial score (nSPS) is 15.2. The Morgan fingerprint density at radius 2 is 1.09 bits per heavy atom. The molecule has 0 saturated heterocycles. The van der Waals surface area contributed by atoms with Crippen molar-refractivity contribution >= 4 is 12.2 Å². The van der Waals surface area contributed by atoms with Crippen LogP contribution < -0.4 is 29.8 Å². The summed E-state index contributed by atoms with van der Waals surface area (Å²) in [5, 5.41) is 13.2. The summed E-state index contributed by atoms with van der Waals surface area (Å²) in [5.74, 6) is 2.80. The highest BCUT2D eigenvalue weighted by Crippen LogP contribution is 2.30. The minimum Gasteiger partial charge on any atom is -0.507 e. The number of aromatic hydroxyl groups is 1.